The molecular weight excluding hydrogens is 350 g/mol. The van der Waals surface area contributed by atoms with E-state index < -0.39 is 0 Å². The van der Waals surface area contributed by atoms with Crippen molar-refractivity contribution in [2.24, 2.45) is 0 Å². The lowest BCUT2D eigenvalue weighted by atomic mass is 10.1. The topological polar surface area (TPSA) is 47.4 Å². The Morgan fingerprint density at radius 3 is 2.29 bits per heavy atom. The quantitative estimate of drug-likeness (QED) is 0.692. The summed E-state index contributed by atoms with van der Waals surface area (Å²) in [5.41, 5.74) is 4.38. The SMILES string of the molecule is Cc1ccc(-c2nn(-c3ccccc3)cc2C(=O)N2C[C@@H](C)O[C@H](C)C2)cc1. The van der Waals surface area contributed by atoms with Gasteiger partial charge in [-0.05, 0) is 32.9 Å². The van der Waals surface area contributed by atoms with E-state index in [0.29, 0.717) is 24.3 Å². The van der Waals surface area contributed by atoms with Gasteiger partial charge in [-0.2, -0.15) is 5.10 Å². The summed E-state index contributed by atoms with van der Waals surface area (Å²) >= 11 is 0. The van der Waals surface area contributed by atoms with Gasteiger partial charge in [0.2, 0.25) is 0 Å². The zero-order valence-electron chi connectivity index (χ0n) is 16.5. The molecule has 5 nitrogen and oxygen atoms in total. The molecule has 0 N–H and O–H groups in total. The minimum Gasteiger partial charge on any atom is -0.372 e. The molecule has 0 saturated carbocycles. The van der Waals surface area contributed by atoms with Gasteiger partial charge in [-0.15, -0.1) is 0 Å². The summed E-state index contributed by atoms with van der Waals surface area (Å²) in [6.45, 7) is 7.24. The second-order valence-corrected chi connectivity index (χ2v) is 7.50. The molecule has 1 amide bonds. The Bertz CT molecular complexity index is 953. The second-order valence-electron chi connectivity index (χ2n) is 7.50. The van der Waals surface area contributed by atoms with E-state index in [9.17, 15) is 4.79 Å². The van der Waals surface area contributed by atoms with E-state index in [1.165, 1.54) is 5.56 Å². The third-order valence-corrected chi connectivity index (χ3v) is 5.00. The van der Waals surface area contributed by atoms with Crippen LogP contribution in [0.3, 0.4) is 0 Å². The fraction of sp³-hybridized carbons (Fsp3) is 0.304. The predicted octanol–water partition coefficient (Wildman–Crippen LogP) is 4.10. The molecule has 2 aromatic carbocycles. The first kappa shape index (κ1) is 18.4. The number of para-hydroxylation sites is 1. The molecule has 1 fully saturated rings. The third-order valence-electron chi connectivity index (χ3n) is 5.00. The number of nitrogens with zero attached hydrogens (tertiary/aromatic N) is 3. The number of carbonyl (C=O) groups is 1. The summed E-state index contributed by atoms with van der Waals surface area (Å²) in [6, 6.07) is 18.0. The molecule has 1 aliphatic rings. The van der Waals surface area contributed by atoms with Crippen LogP contribution in [-0.2, 0) is 4.74 Å². The molecule has 0 aliphatic carbocycles. The van der Waals surface area contributed by atoms with Gasteiger partial charge in [0.15, 0.2) is 0 Å². The maximum Gasteiger partial charge on any atom is 0.257 e. The van der Waals surface area contributed by atoms with Crippen LogP contribution in [0.25, 0.3) is 16.9 Å². The first-order valence-corrected chi connectivity index (χ1v) is 9.68. The van der Waals surface area contributed by atoms with Crippen LogP contribution in [0.5, 0.6) is 0 Å². The van der Waals surface area contributed by atoms with Crippen molar-refractivity contribution in [2.75, 3.05) is 13.1 Å². The second kappa shape index (κ2) is 7.60. The number of benzene rings is 2. The highest BCUT2D eigenvalue weighted by Gasteiger charge is 2.29. The molecule has 4 rings (SSSR count). The van der Waals surface area contributed by atoms with Crippen LogP contribution in [0.2, 0.25) is 0 Å². The Balaban J connectivity index is 1.77. The molecule has 0 unspecified atom stereocenters. The summed E-state index contributed by atoms with van der Waals surface area (Å²) in [5, 5.41) is 4.77. The summed E-state index contributed by atoms with van der Waals surface area (Å²) in [6.07, 6.45) is 1.90. The van der Waals surface area contributed by atoms with Gasteiger partial charge in [-0.3, -0.25) is 4.79 Å². The molecule has 2 atom stereocenters. The Morgan fingerprint density at radius 1 is 1.00 bits per heavy atom. The van der Waals surface area contributed by atoms with E-state index >= 15 is 0 Å². The highest BCUT2D eigenvalue weighted by Crippen LogP contribution is 2.26. The predicted molar refractivity (Wildman–Crippen MR) is 110 cm³/mol. The van der Waals surface area contributed by atoms with Gasteiger partial charge in [0.05, 0.1) is 23.5 Å². The van der Waals surface area contributed by atoms with E-state index in [1.54, 1.807) is 4.68 Å². The van der Waals surface area contributed by atoms with Crippen molar-refractivity contribution in [2.45, 2.75) is 33.0 Å². The molecule has 3 aromatic rings. The van der Waals surface area contributed by atoms with Gasteiger partial charge in [0.25, 0.3) is 5.91 Å². The van der Waals surface area contributed by atoms with Crippen LogP contribution < -0.4 is 0 Å². The number of hydrogen-bond donors (Lipinski definition) is 0. The average Bonchev–Trinajstić information content (AvgIpc) is 3.13. The van der Waals surface area contributed by atoms with E-state index in [4.69, 9.17) is 9.84 Å². The Kier molecular flexibility index (Phi) is 5.01. The van der Waals surface area contributed by atoms with Crippen molar-refractivity contribution < 1.29 is 9.53 Å². The Hall–Kier alpha value is -2.92. The highest BCUT2D eigenvalue weighted by molar-refractivity contribution is 6.00. The van der Waals surface area contributed by atoms with E-state index in [2.05, 4.69) is 6.92 Å². The van der Waals surface area contributed by atoms with Gasteiger partial charge in [0, 0.05) is 24.8 Å². The number of aryl methyl sites for hydroxylation is 1. The maximum atomic E-state index is 13.4. The lowest BCUT2D eigenvalue weighted by Gasteiger charge is -2.35. The Morgan fingerprint density at radius 2 is 1.64 bits per heavy atom. The van der Waals surface area contributed by atoms with Crippen LogP contribution in [0.15, 0.2) is 60.8 Å². The minimum absolute atomic E-state index is 0.000226. The molecule has 28 heavy (non-hydrogen) atoms. The van der Waals surface area contributed by atoms with E-state index in [0.717, 1.165) is 11.3 Å². The minimum atomic E-state index is -0.000226. The van der Waals surface area contributed by atoms with E-state index in [-0.39, 0.29) is 18.1 Å². The summed E-state index contributed by atoms with van der Waals surface area (Å²) in [5.74, 6) is -0.000226. The largest absolute Gasteiger partial charge is 0.372 e. The molecule has 5 heteroatoms. The number of hydrogen-bond acceptors (Lipinski definition) is 3. The van der Waals surface area contributed by atoms with Crippen molar-refractivity contribution in [1.29, 1.82) is 0 Å². The molecular formula is C23H25N3O2. The summed E-state index contributed by atoms with van der Waals surface area (Å²) in [7, 11) is 0. The monoisotopic (exact) mass is 375 g/mol. The van der Waals surface area contributed by atoms with E-state index in [1.807, 2.05) is 79.5 Å². The number of rotatable bonds is 3. The fourth-order valence-corrected chi connectivity index (χ4v) is 3.68. The fourth-order valence-electron chi connectivity index (χ4n) is 3.68. The Labute approximate surface area is 165 Å². The number of carbonyl (C=O) groups excluding carboxylic acids is 1. The molecule has 0 spiro atoms. The highest BCUT2D eigenvalue weighted by atomic mass is 16.5. The number of amides is 1. The van der Waals surface area contributed by atoms with Gasteiger partial charge in [-0.1, -0.05) is 48.0 Å². The van der Waals surface area contributed by atoms with Crippen LogP contribution >= 0.6 is 0 Å². The molecule has 2 heterocycles. The van der Waals surface area contributed by atoms with Crippen molar-refractivity contribution in [1.82, 2.24) is 14.7 Å². The van der Waals surface area contributed by atoms with Crippen LogP contribution in [-0.4, -0.2) is 45.9 Å². The van der Waals surface area contributed by atoms with Gasteiger partial charge < -0.3 is 9.64 Å². The van der Waals surface area contributed by atoms with Crippen LogP contribution in [0.1, 0.15) is 29.8 Å². The van der Waals surface area contributed by atoms with Crippen molar-refractivity contribution in [3.8, 4) is 16.9 Å². The van der Waals surface area contributed by atoms with Gasteiger partial charge >= 0.3 is 0 Å². The number of aromatic nitrogens is 2. The zero-order chi connectivity index (χ0) is 19.7. The maximum absolute atomic E-state index is 13.4. The first-order chi connectivity index (χ1) is 13.5. The smallest absolute Gasteiger partial charge is 0.257 e. The van der Waals surface area contributed by atoms with Crippen molar-refractivity contribution >= 4 is 5.91 Å². The molecule has 0 radical (unpaired) electrons. The summed E-state index contributed by atoms with van der Waals surface area (Å²) < 4.78 is 7.58. The van der Waals surface area contributed by atoms with Crippen LogP contribution in [0.4, 0.5) is 0 Å². The number of ether oxygens (including phenoxy) is 1. The standard InChI is InChI=1S/C23H25N3O2/c1-16-9-11-19(12-10-16)22-21(15-26(24-22)20-7-5-4-6-8-20)23(27)25-13-17(2)28-18(3)14-25/h4-12,15,17-18H,13-14H2,1-3H3/t17-,18-/m1/s1. The van der Waals surface area contributed by atoms with Crippen molar-refractivity contribution in [3.63, 3.8) is 0 Å². The van der Waals surface area contributed by atoms with Crippen molar-refractivity contribution in [3.05, 3.63) is 71.9 Å². The third kappa shape index (κ3) is 3.71. The first-order valence-electron chi connectivity index (χ1n) is 9.68. The average molecular weight is 375 g/mol. The molecule has 144 valence electrons. The lowest BCUT2D eigenvalue weighted by Crippen LogP contribution is -2.48. The zero-order valence-corrected chi connectivity index (χ0v) is 16.5. The molecule has 1 aliphatic heterocycles. The van der Waals surface area contributed by atoms with Crippen LogP contribution in [0, 0.1) is 6.92 Å². The van der Waals surface area contributed by atoms with Gasteiger partial charge in [-0.25, -0.2) is 4.68 Å². The molecule has 1 saturated heterocycles. The lowest BCUT2D eigenvalue weighted by molar-refractivity contribution is -0.0586. The normalized spacial score (nSPS) is 19.6. The molecule has 0 bridgehead atoms. The summed E-state index contributed by atoms with van der Waals surface area (Å²) in [4.78, 5) is 15.3. The number of morpholine rings is 1. The van der Waals surface area contributed by atoms with Gasteiger partial charge in [0.1, 0.15) is 5.69 Å². The molecule has 1 aromatic heterocycles.